The van der Waals surface area contributed by atoms with Gasteiger partial charge in [0.25, 0.3) is 0 Å². The van der Waals surface area contributed by atoms with E-state index < -0.39 is 0 Å². The number of carbonyl (C=O) groups is 2. The second-order valence-electron chi connectivity index (χ2n) is 3.83. The van der Waals surface area contributed by atoms with E-state index in [1.165, 1.54) is 22.7 Å². The van der Waals surface area contributed by atoms with Crippen molar-refractivity contribution in [1.82, 2.24) is 4.98 Å². The summed E-state index contributed by atoms with van der Waals surface area (Å²) in [6.45, 7) is 5.79. The highest BCUT2D eigenvalue weighted by molar-refractivity contribution is 7.30. The topological polar surface area (TPSA) is 68.3 Å². The van der Waals surface area contributed by atoms with Crippen molar-refractivity contribution in [3.05, 3.63) is 10.4 Å². The largest absolute Gasteiger partial charge is 0.462 e. The number of anilines is 1. The van der Waals surface area contributed by atoms with Crippen LogP contribution >= 0.6 is 22.7 Å². The van der Waals surface area contributed by atoms with Crippen molar-refractivity contribution in [1.29, 1.82) is 0 Å². The molecule has 0 bridgehead atoms. The highest BCUT2D eigenvalue weighted by atomic mass is 32.1. The van der Waals surface area contributed by atoms with Crippen molar-refractivity contribution in [3.8, 4) is 0 Å². The van der Waals surface area contributed by atoms with Crippen LogP contribution in [0.15, 0.2) is 0 Å². The van der Waals surface area contributed by atoms with Crippen LogP contribution in [0, 0.1) is 6.92 Å². The number of thiophene rings is 1. The lowest BCUT2D eigenvalue weighted by Gasteiger charge is -1.99. The number of ether oxygens (including phenoxy) is 1. The van der Waals surface area contributed by atoms with Crippen molar-refractivity contribution in [2.75, 3.05) is 11.9 Å². The zero-order valence-corrected chi connectivity index (χ0v) is 12.5. The first kappa shape index (κ1) is 14.0. The summed E-state index contributed by atoms with van der Waals surface area (Å²) in [5.41, 5.74) is 0.868. The van der Waals surface area contributed by atoms with Gasteiger partial charge in [0.05, 0.1) is 11.3 Å². The number of aromatic nitrogens is 1. The molecular weight excluding hydrogens is 284 g/mol. The van der Waals surface area contributed by atoms with Gasteiger partial charge in [0, 0.05) is 6.42 Å². The SMILES string of the molecule is CCOC(=O)c1sc2nc(NC(=O)CC)sc2c1C. The van der Waals surface area contributed by atoms with Gasteiger partial charge in [-0.25, -0.2) is 9.78 Å². The summed E-state index contributed by atoms with van der Waals surface area (Å²) in [5, 5.41) is 3.30. The molecule has 2 aromatic heterocycles. The Morgan fingerprint density at radius 2 is 2.05 bits per heavy atom. The lowest BCUT2D eigenvalue weighted by Crippen LogP contribution is -2.08. The average Bonchev–Trinajstić information content (AvgIpc) is 2.89. The van der Waals surface area contributed by atoms with Crippen molar-refractivity contribution >= 4 is 49.2 Å². The number of fused-ring (bicyclic) bond motifs is 1. The third-order valence-corrected chi connectivity index (χ3v) is 4.89. The lowest BCUT2D eigenvalue weighted by molar-refractivity contribution is -0.115. The van der Waals surface area contributed by atoms with E-state index in [-0.39, 0.29) is 11.9 Å². The first-order valence-corrected chi connectivity index (χ1v) is 7.57. The maximum atomic E-state index is 11.7. The van der Waals surface area contributed by atoms with Gasteiger partial charge in [0.2, 0.25) is 5.91 Å². The minimum absolute atomic E-state index is 0.0651. The normalized spacial score (nSPS) is 10.7. The standard InChI is InChI=1S/C12H14N2O3S2/c1-4-7(15)13-12-14-10-8(19-12)6(3)9(18-10)11(16)17-5-2/h4-5H2,1-3H3,(H,13,14,15). The molecule has 102 valence electrons. The smallest absolute Gasteiger partial charge is 0.348 e. The predicted molar refractivity (Wildman–Crippen MR) is 77.1 cm³/mol. The van der Waals surface area contributed by atoms with E-state index >= 15 is 0 Å². The highest BCUT2D eigenvalue weighted by Gasteiger charge is 2.20. The molecule has 2 heterocycles. The zero-order chi connectivity index (χ0) is 14.0. The van der Waals surface area contributed by atoms with Gasteiger partial charge in [-0.1, -0.05) is 18.3 Å². The fraction of sp³-hybridized carbons (Fsp3) is 0.417. The summed E-state index contributed by atoms with van der Waals surface area (Å²) >= 11 is 2.68. The second kappa shape index (κ2) is 5.66. The first-order chi connectivity index (χ1) is 9.06. The Morgan fingerprint density at radius 3 is 2.63 bits per heavy atom. The minimum Gasteiger partial charge on any atom is -0.462 e. The molecule has 0 unspecified atom stereocenters. The number of aryl methyl sites for hydroxylation is 1. The molecule has 0 fully saturated rings. The van der Waals surface area contributed by atoms with Crippen LogP contribution in [0.5, 0.6) is 0 Å². The molecule has 7 heteroatoms. The van der Waals surface area contributed by atoms with Gasteiger partial charge in [-0.3, -0.25) is 4.79 Å². The molecule has 0 aromatic carbocycles. The lowest BCUT2D eigenvalue weighted by atomic mass is 10.3. The third kappa shape index (κ3) is 2.76. The molecular formula is C12H14N2O3S2. The number of nitrogens with one attached hydrogen (secondary N) is 1. The molecule has 0 spiro atoms. The van der Waals surface area contributed by atoms with E-state index in [1.807, 2.05) is 6.92 Å². The molecule has 0 aliphatic carbocycles. The van der Waals surface area contributed by atoms with Crippen LogP contribution in [0.3, 0.4) is 0 Å². The molecule has 1 N–H and O–H groups in total. The molecule has 19 heavy (non-hydrogen) atoms. The molecule has 2 aromatic rings. The average molecular weight is 298 g/mol. The number of hydrogen-bond acceptors (Lipinski definition) is 6. The number of rotatable bonds is 4. The van der Waals surface area contributed by atoms with Crippen molar-refractivity contribution in [2.24, 2.45) is 0 Å². The number of carbonyl (C=O) groups excluding carboxylic acids is 2. The van der Waals surface area contributed by atoms with Crippen LogP contribution in [-0.2, 0) is 9.53 Å². The van der Waals surface area contributed by atoms with E-state index in [0.29, 0.717) is 23.0 Å². The molecule has 0 saturated carbocycles. The first-order valence-electron chi connectivity index (χ1n) is 5.93. The van der Waals surface area contributed by atoms with E-state index in [2.05, 4.69) is 10.3 Å². The molecule has 1 amide bonds. The Hall–Kier alpha value is -1.47. The summed E-state index contributed by atoms with van der Waals surface area (Å²) < 4.78 is 5.93. The number of esters is 1. The highest BCUT2D eigenvalue weighted by Crippen LogP contribution is 2.37. The summed E-state index contributed by atoms with van der Waals surface area (Å²) in [4.78, 5) is 28.7. The maximum absolute atomic E-state index is 11.7. The number of hydrogen-bond donors (Lipinski definition) is 1. The molecule has 0 atom stereocenters. The van der Waals surface area contributed by atoms with Gasteiger partial charge in [0.1, 0.15) is 9.71 Å². The minimum atomic E-state index is -0.311. The number of amides is 1. The Bertz CT molecular complexity index is 630. The molecule has 2 rings (SSSR count). The van der Waals surface area contributed by atoms with E-state index in [4.69, 9.17) is 4.74 Å². The number of thiazole rings is 1. The van der Waals surface area contributed by atoms with Crippen LogP contribution in [0.2, 0.25) is 0 Å². The van der Waals surface area contributed by atoms with Crippen molar-refractivity contribution in [3.63, 3.8) is 0 Å². The third-order valence-electron chi connectivity index (χ3n) is 2.50. The van der Waals surface area contributed by atoms with Crippen LogP contribution in [0.25, 0.3) is 9.53 Å². The Labute approximate surface area is 118 Å². The van der Waals surface area contributed by atoms with Gasteiger partial charge in [-0.05, 0) is 19.4 Å². The second-order valence-corrected chi connectivity index (χ2v) is 5.83. The summed E-state index contributed by atoms with van der Waals surface area (Å²) in [5.74, 6) is -0.376. The van der Waals surface area contributed by atoms with Crippen LogP contribution in [0.1, 0.15) is 35.5 Å². The number of nitrogens with zero attached hydrogens (tertiary/aromatic N) is 1. The van der Waals surface area contributed by atoms with Gasteiger partial charge in [0.15, 0.2) is 5.13 Å². The van der Waals surface area contributed by atoms with Gasteiger partial charge < -0.3 is 10.1 Å². The molecule has 0 aliphatic heterocycles. The zero-order valence-electron chi connectivity index (χ0n) is 10.9. The molecule has 5 nitrogen and oxygen atoms in total. The van der Waals surface area contributed by atoms with Crippen LogP contribution in [0.4, 0.5) is 5.13 Å². The molecule has 0 radical (unpaired) electrons. The Kier molecular flexibility index (Phi) is 4.16. The van der Waals surface area contributed by atoms with Crippen LogP contribution in [-0.4, -0.2) is 23.5 Å². The monoisotopic (exact) mass is 298 g/mol. The van der Waals surface area contributed by atoms with Gasteiger partial charge in [-0.2, -0.15) is 0 Å². The summed E-state index contributed by atoms with van der Waals surface area (Å²) in [7, 11) is 0. The van der Waals surface area contributed by atoms with Gasteiger partial charge in [-0.15, -0.1) is 11.3 Å². The molecule has 0 saturated heterocycles. The van der Waals surface area contributed by atoms with Crippen LogP contribution < -0.4 is 5.32 Å². The van der Waals surface area contributed by atoms with Crippen molar-refractivity contribution in [2.45, 2.75) is 27.2 Å². The fourth-order valence-corrected chi connectivity index (χ4v) is 3.77. The summed E-state index contributed by atoms with van der Waals surface area (Å²) in [6, 6.07) is 0. The van der Waals surface area contributed by atoms with E-state index in [1.54, 1.807) is 13.8 Å². The Morgan fingerprint density at radius 1 is 1.32 bits per heavy atom. The van der Waals surface area contributed by atoms with Gasteiger partial charge >= 0.3 is 5.97 Å². The fourth-order valence-electron chi connectivity index (χ4n) is 1.54. The Balaban J connectivity index is 2.31. The predicted octanol–water partition coefficient (Wildman–Crippen LogP) is 3.19. The summed E-state index contributed by atoms with van der Waals surface area (Å²) in [6.07, 6.45) is 0.417. The van der Waals surface area contributed by atoms with E-state index in [0.717, 1.165) is 15.1 Å². The van der Waals surface area contributed by atoms with Crippen molar-refractivity contribution < 1.29 is 14.3 Å². The van der Waals surface area contributed by atoms with E-state index in [9.17, 15) is 9.59 Å². The quantitative estimate of drug-likeness (QED) is 0.880. The molecule has 0 aliphatic rings. The maximum Gasteiger partial charge on any atom is 0.348 e.